The van der Waals surface area contributed by atoms with Gasteiger partial charge in [0, 0.05) is 34.1 Å². The van der Waals surface area contributed by atoms with Crippen LogP contribution in [0.2, 0.25) is 0 Å². The van der Waals surface area contributed by atoms with Crippen LogP contribution in [0.4, 0.5) is 10.1 Å². The van der Waals surface area contributed by atoms with Crippen LogP contribution in [0.15, 0.2) is 76.5 Å². The maximum absolute atomic E-state index is 14.5. The molecule has 0 aromatic heterocycles. The Hall–Kier alpha value is -3.16. The number of halogens is 1. The topological polar surface area (TPSA) is 58.6 Å². The van der Waals surface area contributed by atoms with E-state index in [-0.39, 0.29) is 30.3 Å². The fraction of sp³-hybridized carbons (Fsp3) is 0.231. The maximum Gasteiger partial charge on any atom is 0.259 e. The molecule has 5 nitrogen and oxygen atoms in total. The van der Waals surface area contributed by atoms with Crippen molar-refractivity contribution in [1.29, 1.82) is 0 Å². The van der Waals surface area contributed by atoms with E-state index in [1.54, 1.807) is 41.3 Å². The van der Waals surface area contributed by atoms with Crippen molar-refractivity contribution < 1.29 is 18.7 Å². The van der Waals surface area contributed by atoms with Gasteiger partial charge in [0.25, 0.3) is 11.8 Å². The number of rotatable bonds is 5. The van der Waals surface area contributed by atoms with Crippen molar-refractivity contribution in [1.82, 2.24) is 5.32 Å². The van der Waals surface area contributed by atoms with Gasteiger partial charge >= 0.3 is 0 Å². The lowest BCUT2D eigenvalue weighted by Crippen LogP contribution is -2.33. The summed E-state index contributed by atoms with van der Waals surface area (Å²) in [5.74, 6) is -0.821. The molecule has 1 atom stereocenters. The number of anilines is 1. The molecule has 3 aromatic rings. The summed E-state index contributed by atoms with van der Waals surface area (Å²) in [6, 6.07) is 19.1. The van der Waals surface area contributed by atoms with Crippen molar-refractivity contribution in [2.75, 3.05) is 18.1 Å². The van der Waals surface area contributed by atoms with Crippen LogP contribution in [0.1, 0.15) is 39.1 Å². The highest BCUT2D eigenvalue weighted by Crippen LogP contribution is 2.42. The Kier molecular flexibility index (Phi) is 6.15. The number of nitrogens with one attached hydrogen (secondary N) is 1. The molecule has 0 aliphatic carbocycles. The van der Waals surface area contributed by atoms with Crippen molar-refractivity contribution in [3.05, 3.63) is 89.2 Å². The number of fused-ring (bicyclic) bond motifs is 2. The van der Waals surface area contributed by atoms with Crippen LogP contribution in [0.5, 0.6) is 0 Å². The van der Waals surface area contributed by atoms with Crippen LogP contribution in [0.3, 0.4) is 0 Å². The van der Waals surface area contributed by atoms with Crippen molar-refractivity contribution in [3.8, 4) is 0 Å². The molecule has 0 bridgehead atoms. The number of carbonyl (C=O) groups excluding carboxylic acids is 2. The number of hydrogen-bond donors (Lipinski definition) is 1. The first-order valence-electron chi connectivity index (χ1n) is 11.0. The van der Waals surface area contributed by atoms with Crippen molar-refractivity contribution in [3.63, 3.8) is 0 Å². The fourth-order valence-corrected chi connectivity index (χ4v) is 5.19. The zero-order chi connectivity index (χ0) is 22.8. The molecule has 3 aromatic carbocycles. The van der Waals surface area contributed by atoms with Crippen molar-refractivity contribution >= 4 is 29.3 Å². The SMILES string of the molecule is O=C(NC[C@H]1CCCO1)c1ccc2c(c1)N(Cc1ccccc1F)C(=O)c1ccccc1S2. The highest BCUT2D eigenvalue weighted by Gasteiger charge is 2.29. The van der Waals surface area contributed by atoms with E-state index in [1.165, 1.54) is 17.8 Å². The average molecular weight is 463 g/mol. The largest absolute Gasteiger partial charge is 0.376 e. The van der Waals surface area contributed by atoms with Crippen LogP contribution >= 0.6 is 11.8 Å². The molecule has 0 unspecified atom stereocenters. The zero-order valence-corrected chi connectivity index (χ0v) is 18.7. The van der Waals surface area contributed by atoms with Crippen LogP contribution in [0.25, 0.3) is 0 Å². The van der Waals surface area contributed by atoms with Gasteiger partial charge in [-0.3, -0.25) is 9.59 Å². The van der Waals surface area contributed by atoms with Gasteiger partial charge in [0.1, 0.15) is 5.82 Å². The molecule has 0 spiro atoms. The Morgan fingerprint density at radius 3 is 2.73 bits per heavy atom. The second-order valence-corrected chi connectivity index (χ2v) is 9.19. The van der Waals surface area contributed by atoms with Gasteiger partial charge in [-0.15, -0.1) is 0 Å². The lowest BCUT2D eigenvalue weighted by Gasteiger charge is -2.24. The van der Waals surface area contributed by atoms with E-state index < -0.39 is 0 Å². The summed E-state index contributed by atoms with van der Waals surface area (Å²) in [6.45, 7) is 1.24. The van der Waals surface area contributed by atoms with Gasteiger partial charge in [0.05, 0.1) is 23.9 Å². The van der Waals surface area contributed by atoms with Gasteiger partial charge in [0.15, 0.2) is 0 Å². The molecule has 2 heterocycles. The van der Waals surface area contributed by atoms with E-state index in [0.29, 0.717) is 28.9 Å². The first-order valence-corrected chi connectivity index (χ1v) is 11.8. The predicted octanol–water partition coefficient (Wildman–Crippen LogP) is 5.05. The van der Waals surface area contributed by atoms with E-state index in [2.05, 4.69) is 5.32 Å². The quantitative estimate of drug-likeness (QED) is 0.577. The highest BCUT2D eigenvalue weighted by molar-refractivity contribution is 7.99. The van der Waals surface area contributed by atoms with Gasteiger partial charge in [-0.1, -0.05) is 42.1 Å². The normalized spacial score (nSPS) is 17.3. The maximum atomic E-state index is 14.5. The van der Waals surface area contributed by atoms with Gasteiger partial charge < -0.3 is 15.0 Å². The van der Waals surface area contributed by atoms with Gasteiger partial charge in [-0.2, -0.15) is 0 Å². The summed E-state index contributed by atoms with van der Waals surface area (Å²) >= 11 is 1.47. The average Bonchev–Trinajstić information content (AvgIpc) is 3.32. The van der Waals surface area contributed by atoms with E-state index in [0.717, 1.165) is 29.2 Å². The Morgan fingerprint density at radius 2 is 1.91 bits per heavy atom. The molecular formula is C26H23FN2O3S. The third-order valence-corrected chi connectivity index (χ3v) is 7.04. The predicted molar refractivity (Wildman–Crippen MR) is 125 cm³/mol. The zero-order valence-electron chi connectivity index (χ0n) is 17.9. The number of hydrogen-bond acceptors (Lipinski definition) is 4. The van der Waals surface area contributed by atoms with Crippen LogP contribution < -0.4 is 10.2 Å². The first kappa shape index (κ1) is 21.7. The van der Waals surface area contributed by atoms with Crippen molar-refractivity contribution in [2.24, 2.45) is 0 Å². The standard InChI is InChI=1S/C26H23FN2O3S/c27-21-9-3-1-6-18(21)16-29-22-14-17(25(30)28-15-19-7-5-13-32-19)11-12-24(22)33-23-10-4-2-8-20(23)26(29)31/h1-4,6,8-12,14,19H,5,7,13,15-16H2,(H,28,30)/t19-/m1/s1. The minimum atomic E-state index is -0.373. The first-order chi connectivity index (χ1) is 16.1. The minimum absolute atomic E-state index is 0.0407. The smallest absolute Gasteiger partial charge is 0.259 e. The molecular weight excluding hydrogens is 439 g/mol. The molecule has 2 amide bonds. The molecule has 0 radical (unpaired) electrons. The van der Waals surface area contributed by atoms with E-state index in [9.17, 15) is 14.0 Å². The van der Waals surface area contributed by atoms with Gasteiger partial charge in [-0.25, -0.2) is 4.39 Å². The lowest BCUT2D eigenvalue weighted by molar-refractivity contribution is 0.0857. The third-order valence-electron chi connectivity index (χ3n) is 5.90. The lowest BCUT2D eigenvalue weighted by atomic mass is 10.1. The van der Waals surface area contributed by atoms with Crippen LogP contribution in [0, 0.1) is 5.82 Å². The number of benzene rings is 3. The summed E-state index contributed by atoms with van der Waals surface area (Å²) in [5.41, 5.74) is 2.01. The van der Waals surface area contributed by atoms with E-state index in [1.807, 2.05) is 24.3 Å². The summed E-state index contributed by atoms with van der Waals surface area (Å²) in [4.78, 5) is 29.6. The number of carbonyl (C=O) groups is 2. The van der Waals surface area contributed by atoms with Gasteiger partial charge in [-0.05, 0) is 49.2 Å². The molecule has 1 N–H and O–H groups in total. The number of nitrogens with zero attached hydrogens (tertiary/aromatic N) is 1. The molecule has 1 saturated heterocycles. The third kappa shape index (κ3) is 4.51. The molecule has 33 heavy (non-hydrogen) atoms. The number of amides is 2. The minimum Gasteiger partial charge on any atom is -0.376 e. The molecule has 168 valence electrons. The molecule has 2 aliphatic rings. The Bertz CT molecular complexity index is 1210. The van der Waals surface area contributed by atoms with Crippen LogP contribution in [-0.2, 0) is 11.3 Å². The Morgan fingerprint density at radius 1 is 1.09 bits per heavy atom. The number of ether oxygens (including phenoxy) is 1. The Labute approximate surface area is 195 Å². The monoisotopic (exact) mass is 462 g/mol. The highest BCUT2D eigenvalue weighted by atomic mass is 32.2. The molecule has 1 fully saturated rings. The molecule has 2 aliphatic heterocycles. The summed E-state index contributed by atoms with van der Waals surface area (Å²) < 4.78 is 20.1. The second-order valence-electron chi connectivity index (χ2n) is 8.11. The van der Waals surface area contributed by atoms with Crippen LogP contribution in [-0.4, -0.2) is 31.1 Å². The van der Waals surface area contributed by atoms with Crippen molar-refractivity contribution in [2.45, 2.75) is 35.3 Å². The van der Waals surface area contributed by atoms with E-state index in [4.69, 9.17) is 4.74 Å². The summed E-state index contributed by atoms with van der Waals surface area (Å²) in [5, 5.41) is 2.93. The Balaban J connectivity index is 1.50. The molecule has 5 rings (SSSR count). The molecule has 7 heteroatoms. The summed E-state index contributed by atoms with van der Waals surface area (Å²) in [6.07, 6.45) is 1.98. The summed E-state index contributed by atoms with van der Waals surface area (Å²) in [7, 11) is 0. The fourth-order valence-electron chi connectivity index (χ4n) is 4.13. The second kappa shape index (κ2) is 9.37. The van der Waals surface area contributed by atoms with E-state index >= 15 is 0 Å². The molecule has 0 saturated carbocycles. The van der Waals surface area contributed by atoms with Gasteiger partial charge in [0.2, 0.25) is 0 Å².